The van der Waals surface area contributed by atoms with Crippen LogP contribution >= 0.6 is 23.2 Å². The largest absolute Gasteiger partial charge is 0.497 e. The molecule has 94 valence electrons. The summed E-state index contributed by atoms with van der Waals surface area (Å²) in [7, 11) is 1.68. The highest BCUT2D eigenvalue weighted by Gasteiger charge is 2.01. The Morgan fingerprint density at radius 2 is 1.56 bits per heavy atom. The topological polar surface area (TPSA) is 9.23 Å². The minimum Gasteiger partial charge on any atom is -0.497 e. The Balaban J connectivity index is 2.06. The lowest BCUT2D eigenvalue weighted by atomic mass is 10.0. The second-order valence-corrected chi connectivity index (χ2v) is 5.00. The Bertz CT molecular complexity index is 518. The van der Waals surface area contributed by atoms with Gasteiger partial charge in [0.25, 0.3) is 0 Å². The Kier molecular flexibility index (Phi) is 4.51. The van der Waals surface area contributed by atoms with E-state index in [2.05, 4.69) is 6.07 Å². The number of ether oxygens (including phenoxy) is 1. The summed E-state index contributed by atoms with van der Waals surface area (Å²) in [6.45, 7) is 0. The van der Waals surface area contributed by atoms with Crippen LogP contribution in [0.2, 0.25) is 10.0 Å². The van der Waals surface area contributed by atoms with Crippen LogP contribution in [0.3, 0.4) is 0 Å². The molecule has 2 rings (SSSR count). The van der Waals surface area contributed by atoms with Crippen molar-refractivity contribution in [3.63, 3.8) is 0 Å². The third-order valence-electron chi connectivity index (χ3n) is 2.76. The summed E-state index contributed by atoms with van der Waals surface area (Å²) in [5, 5.41) is 1.37. The summed E-state index contributed by atoms with van der Waals surface area (Å²) in [6.07, 6.45) is 1.85. The molecule has 0 N–H and O–H groups in total. The van der Waals surface area contributed by atoms with Gasteiger partial charge in [-0.3, -0.25) is 0 Å². The number of aryl methyl sites for hydroxylation is 2. The fourth-order valence-electron chi connectivity index (χ4n) is 1.87. The van der Waals surface area contributed by atoms with E-state index in [4.69, 9.17) is 27.9 Å². The Hall–Kier alpha value is -1.18. The molecule has 0 amide bonds. The molecule has 0 bridgehead atoms. The summed E-state index contributed by atoms with van der Waals surface area (Å²) in [5.74, 6) is 0.886. The van der Waals surface area contributed by atoms with Crippen molar-refractivity contribution >= 4 is 23.2 Å². The van der Waals surface area contributed by atoms with Gasteiger partial charge in [-0.15, -0.1) is 0 Å². The summed E-state index contributed by atoms with van der Waals surface area (Å²) >= 11 is 12.0. The molecular formula is C15H14Cl2O. The SMILES string of the molecule is COc1cccc(CCc2cc(Cl)cc(Cl)c2)c1. The zero-order chi connectivity index (χ0) is 13.0. The molecule has 0 fully saturated rings. The fraction of sp³-hybridized carbons (Fsp3) is 0.200. The highest BCUT2D eigenvalue weighted by molar-refractivity contribution is 6.34. The van der Waals surface area contributed by atoms with E-state index in [1.54, 1.807) is 13.2 Å². The van der Waals surface area contributed by atoms with Gasteiger partial charge in [0.15, 0.2) is 0 Å². The second kappa shape index (κ2) is 6.12. The van der Waals surface area contributed by atoms with Gasteiger partial charge < -0.3 is 4.74 Å². The van der Waals surface area contributed by atoms with Crippen LogP contribution in [0.15, 0.2) is 42.5 Å². The second-order valence-electron chi connectivity index (χ2n) is 4.13. The number of methoxy groups -OCH3 is 1. The maximum absolute atomic E-state index is 5.98. The zero-order valence-corrected chi connectivity index (χ0v) is 11.6. The summed E-state index contributed by atoms with van der Waals surface area (Å²) < 4.78 is 5.20. The van der Waals surface area contributed by atoms with E-state index in [1.807, 2.05) is 30.3 Å². The first-order chi connectivity index (χ1) is 8.67. The Morgan fingerprint density at radius 1 is 0.889 bits per heavy atom. The highest BCUT2D eigenvalue weighted by atomic mass is 35.5. The van der Waals surface area contributed by atoms with Crippen molar-refractivity contribution in [2.75, 3.05) is 7.11 Å². The van der Waals surface area contributed by atoms with Crippen LogP contribution in [0.4, 0.5) is 0 Å². The third kappa shape index (κ3) is 3.66. The van der Waals surface area contributed by atoms with Crippen molar-refractivity contribution in [3.05, 3.63) is 63.6 Å². The van der Waals surface area contributed by atoms with E-state index in [1.165, 1.54) is 5.56 Å². The predicted octanol–water partition coefficient (Wildman–Crippen LogP) is 4.79. The smallest absolute Gasteiger partial charge is 0.119 e. The van der Waals surface area contributed by atoms with Crippen LogP contribution in [0, 0.1) is 0 Å². The van der Waals surface area contributed by atoms with E-state index in [-0.39, 0.29) is 0 Å². The normalized spacial score (nSPS) is 10.4. The highest BCUT2D eigenvalue weighted by Crippen LogP contribution is 2.21. The predicted molar refractivity (Wildman–Crippen MR) is 76.9 cm³/mol. The molecule has 0 aliphatic heterocycles. The molecule has 1 nitrogen and oxygen atoms in total. The van der Waals surface area contributed by atoms with Crippen LogP contribution in [-0.4, -0.2) is 7.11 Å². The van der Waals surface area contributed by atoms with Crippen LogP contribution in [-0.2, 0) is 12.8 Å². The van der Waals surface area contributed by atoms with Gasteiger partial charge in [-0.1, -0.05) is 35.3 Å². The maximum Gasteiger partial charge on any atom is 0.119 e. The van der Waals surface area contributed by atoms with Gasteiger partial charge in [-0.25, -0.2) is 0 Å². The zero-order valence-electron chi connectivity index (χ0n) is 10.1. The standard InChI is InChI=1S/C15H14Cl2O/c1-18-15-4-2-3-11(9-15)5-6-12-7-13(16)10-14(17)8-12/h2-4,7-10H,5-6H2,1H3. The molecule has 0 radical (unpaired) electrons. The molecule has 0 atom stereocenters. The summed E-state index contributed by atoms with van der Waals surface area (Å²) in [4.78, 5) is 0. The van der Waals surface area contributed by atoms with E-state index in [9.17, 15) is 0 Å². The monoisotopic (exact) mass is 280 g/mol. The summed E-state index contributed by atoms with van der Waals surface area (Å²) in [5.41, 5.74) is 2.39. The number of hydrogen-bond donors (Lipinski definition) is 0. The van der Waals surface area contributed by atoms with E-state index < -0.39 is 0 Å². The van der Waals surface area contributed by atoms with Gasteiger partial charge in [0.1, 0.15) is 5.75 Å². The first-order valence-electron chi connectivity index (χ1n) is 5.75. The number of hydrogen-bond acceptors (Lipinski definition) is 1. The van der Waals surface area contributed by atoms with Gasteiger partial charge in [-0.2, -0.15) is 0 Å². The van der Waals surface area contributed by atoms with Gasteiger partial charge >= 0.3 is 0 Å². The van der Waals surface area contributed by atoms with Crippen LogP contribution in [0.1, 0.15) is 11.1 Å². The molecule has 18 heavy (non-hydrogen) atoms. The van der Waals surface area contributed by atoms with Gasteiger partial charge in [0.05, 0.1) is 7.11 Å². The molecule has 2 aromatic rings. The molecule has 0 spiro atoms. The van der Waals surface area contributed by atoms with E-state index >= 15 is 0 Å². The van der Waals surface area contributed by atoms with Crippen LogP contribution in [0.25, 0.3) is 0 Å². The molecule has 0 aliphatic rings. The van der Waals surface area contributed by atoms with E-state index in [0.29, 0.717) is 10.0 Å². The summed E-state index contributed by atoms with van der Waals surface area (Å²) in [6, 6.07) is 13.7. The molecule has 0 aliphatic carbocycles. The molecule has 3 heteroatoms. The van der Waals surface area contributed by atoms with Crippen molar-refractivity contribution in [3.8, 4) is 5.75 Å². The lowest BCUT2D eigenvalue weighted by Gasteiger charge is -2.06. The first kappa shape index (κ1) is 13.3. The molecular weight excluding hydrogens is 267 g/mol. The fourth-order valence-corrected chi connectivity index (χ4v) is 2.44. The molecule has 0 saturated heterocycles. The first-order valence-corrected chi connectivity index (χ1v) is 6.51. The maximum atomic E-state index is 5.98. The van der Waals surface area contributed by atoms with Gasteiger partial charge in [-0.05, 0) is 54.3 Å². The van der Waals surface area contributed by atoms with Gasteiger partial charge in [0, 0.05) is 10.0 Å². The molecule has 0 saturated carbocycles. The van der Waals surface area contributed by atoms with Crippen molar-refractivity contribution in [1.29, 1.82) is 0 Å². The number of benzene rings is 2. The average Bonchev–Trinajstić information content (AvgIpc) is 2.35. The molecule has 2 aromatic carbocycles. The van der Waals surface area contributed by atoms with Crippen LogP contribution in [0.5, 0.6) is 5.75 Å². The minimum absolute atomic E-state index is 0.683. The minimum atomic E-state index is 0.683. The quantitative estimate of drug-likeness (QED) is 0.783. The van der Waals surface area contributed by atoms with Crippen molar-refractivity contribution in [2.24, 2.45) is 0 Å². The lowest BCUT2D eigenvalue weighted by Crippen LogP contribution is -1.92. The lowest BCUT2D eigenvalue weighted by molar-refractivity contribution is 0.414. The van der Waals surface area contributed by atoms with Crippen molar-refractivity contribution in [1.82, 2.24) is 0 Å². The Labute approximate surface area is 117 Å². The van der Waals surface area contributed by atoms with Crippen LogP contribution < -0.4 is 4.74 Å². The third-order valence-corrected chi connectivity index (χ3v) is 3.20. The molecule has 0 unspecified atom stereocenters. The molecule has 0 heterocycles. The molecule has 0 aromatic heterocycles. The van der Waals surface area contributed by atoms with Crippen molar-refractivity contribution in [2.45, 2.75) is 12.8 Å². The van der Waals surface area contributed by atoms with E-state index in [0.717, 1.165) is 24.2 Å². The Morgan fingerprint density at radius 3 is 2.22 bits per heavy atom. The van der Waals surface area contributed by atoms with Crippen molar-refractivity contribution < 1.29 is 4.74 Å². The number of rotatable bonds is 4. The average molecular weight is 281 g/mol. The number of halogens is 2. The van der Waals surface area contributed by atoms with Gasteiger partial charge in [0.2, 0.25) is 0 Å².